The fraction of sp³-hybridized carbons (Fsp3) is 0.133. The first-order valence-corrected chi connectivity index (χ1v) is 6.96. The highest BCUT2D eigenvalue weighted by atomic mass is 35.5. The Morgan fingerprint density at radius 2 is 2.00 bits per heavy atom. The van der Waals surface area contributed by atoms with E-state index in [2.05, 4.69) is 15.5 Å². The summed E-state index contributed by atoms with van der Waals surface area (Å²) < 4.78 is 1.87. The van der Waals surface area contributed by atoms with Gasteiger partial charge in [-0.25, -0.2) is 0 Å². The molecule has 0 fully saturated rings. The zero-order valence-electron chi connectivity index (χ0n) is 11.4. The van der Waals surface area contributed by atoms with Crippen LogP contribution in [0.15, 0.2) is 42.6 Å². The van der Waals surface area contributed by atoms with Gasteiger partial charge in [-0.3, -0.25) is 9.20 Å². The van der Waals surface area contributed by atoms with Gasteiger partial charge < -0.3 is 5.32 Å². The summed E-state index contributed by atoms with van der Waals surface area (Å²) in [7, 11) is 0. The molecule has 0 radical (unpaired) electrons. The molecule has 1 aromatic carbocycles. The van der Waals surface area contributed by atoms with E-state index in [0.717, 1.165) is 12.2 Å². The standard InChI is InChI=1S/C15H13ClN4O/c1-2-13-18-19-14-12(4-3-9-20(13)14)17-15(21)10-5-7-11(16)8-6-10/h3-9H,2H2,1H3,(H,17,21). The van der Waals surface area contributed by atoms with E-state index in [1.807, 2.05) is 23.6 Å². The van der Waals surface area contributed by atoms with Crippen molar-refractivity contribution in [2.45, 2.75) is 13.3 Å². The van der Waals surface area contributed by atoms with E-state index in [0.29, 0.717) is 21.9 Å². The first-order valence-electron chi connectivity index (χ1n) is 6.58. The molecule has 2 heterocycles. The molecule has 5 nitrogen and oxygen atoms in total. The quantitative estimate of drug-likeness (QED) is 0.808. The van der Waals surface area contributed by atoms with Crippen molar-refractivity contribution in [2.24, 2.45) is 0 Å². The molecule has 0 aliphatic carbocycles. The predicted molar refractivity (Wildman–Crippen MR) is 81.8 cm³/mol. The summed E-state index contributed by atoms with van der Waals surface area (Å²) in [5.74, 6) is 0.647. The average Bonchev–Trinajstić information content (AvgIpc) is 2.92. The van der Waals surface area contributed by atoms with E-state index in [4.69, 9.17) is 11.6 Å². The summed E-state index contributed by atoms with van der Waals surface area (Å²) in [6.45, 7) is 2.01. The fourth-order valence-corrected chi connectivity index (χ4v) is 2.22. The van der Waals surface area contributed by atoms with Crippen molar-refractivity contribution in [3.05, 3.63) is 59.0 Å². The van der Waals surface area contributed by atoms with Crippen LogP contribution in [0.1, 0.15) is 23.1 Å². The van der Waals surface area contributed by atoms with Gasteiger partial charge in [0.15, 0.2) is 5.65 Å². The minimum atomic E-state index is -0.208. The van der Waals surface area contributed by atoms with Crippen LogP contribution in [0, 0.1) is 0 Å². The van der Waals surface area contributed by atoms with Crippen LogP contribution in [0.2, 0.25) is 5.02 Å². The second-order valence-corrected chi connectivity index (χ2v) is 4.98. The van der Waals surface area contributed by atoms with E-state index >= 15 is 0 Å². The van der Waals surface area contributed by atoms with Gasteiger partial charge in [-0.15, -0.1) is 10.2 Å². The van der Waals surface area contributed by atoms with Crippen molar-refractivity contribution >= 4 is 28.8 Å². The summed E-state index contributed by atoms with van der Waals surface area (Å²) in [5.41, 5.74) is 1.80. The van der Waals surface area contributed by atoms with E-state index in [-0.39, 0.29) is 5.91 Å². The average molecular weight is 301 g/mol. The Morgan fingerprint density at radius 3 is 2.71 bits per heavy atom. The molecule has 0 saturated heterocycles. The molecule has 0 bridgehead atoms. The lowest BCUT2D eigenvalue weighted by Crippen LogP contribution is -2.12. The number of anilines is 1. The van der Waals surface area contributed by atoms with Gasteiger partial charge in [0, 0.05) is 23.2 Å². The van der Waals surface area contributed by atoms with Crippen molar-refractivity contribution in [2.75, 3.05) is 5.32 Å². The molecule has 3 rings (SSSR count). The van der Waals surface area contributed by atoms with Gasteiger partial charge in [-0.1, -0.05) is 18.5 Å². The topological polar surface area (TPSA) is 59.3 Å². The van der Waals surface area contributed by atoms with Crippen LogP contribution in [0.4, 0.5) is 5.69 Å². The van der Waals surface area contributed by atoms with Gasteiger partial charge >= 0.3 is 0 Å². The number of carbonyl (C=O) groups is 1. The van der Waals surface area contributed by atoms with Crippen molar-refractivity contribution in [1.82, 2.24) is 14.6 Å². The Balaban J connectivity index is 1.93. The van der Waals surface area contributed by atoms with Gasteiger partial charge in [0.25, 0.3) is 5.91 Å². The predicted octanol–water partition coefficient (Wildman–Crippen LogP) is 3.20. The van der Waals surface area contributed by atoms with Crippen LogP contribution < -0.4 is 5.32 Å². The molecule has 2 aromatic heterocycles. The molecule has 3 aromatic rings. The SMILES string of the molecule is CCc1nnc2c(NC(=O)c3ccc(Cl)cc3)cccn12. The Labute approximate surface area is 126 Å². The van der Waals surface area contributed by atoms with Crippen LogP contribution in [-0.4, -0.2) is 20.5 Å². The summed E-state index contributed by atoms with van der Waals surface area (Å²) in [4.78, 5) is 12.2. The summed E-state index contributed by atoms with van der Waals surface area (Å²) in [6, 6.07) is 10.4. The number of rotatable bonds is 3. The lowest BCUT2D eigenvalue weighted by Gasteiger charge is -2.06. The highest BCUT2D eigenvalue weighted by Crippen LogP contribution is 2.17. The normalized spacial score (nSPS) is 10.8. The maximum atomic E-state index is 12.2. The van der Waals surface area contributed by atoms with E-state index in [9.17, 15) is 4.79 Å². The van der Waals surface area contributed by atoms with E-state index in [1.54, 1.807) is 30.3 Å². The lowest BCUT2D eigenvalue weighted by molar-refractivity contribution is 0.102. The van der Waals surface area contributed by atoms with Gasteiger partial charge in [-0.05, 0) is 36.4 Å². The number of aryl methyl sites for hydroxylation is 1. The molecule has 0 unspecified atom stereocenters. The number of pyridine rings is 1. The van der Waals surface area contributed by atoms with Gasteiger partial charge in [0.2, 0.25) is 0 Å². The molecule has 0 atom stereocenters. The second-order valence-electron chi connectivity index (χ2n) is 4.55. The van der Waals surface area contributed by atoms with Gasteiger partial charge in [0.1, 0.15) is 5.82 Å². The molecule has 0 saturated carbocycles. The second kappa shape index (κ2) is 5.54. The number of nitrogens with zero attached hydrogens (tertiary/aromatic N) is 3. The van der Waals surface area contributed by atoms with Crippen LogP contribution in [0.25, 0.3) is 5.65 Å². The Hall–Kier alpha value is -2.40. The molecule has 0 aliphatic rings. The number of hydrogen-bond donors (Lipinski definition) is 1. The number of halogens is 1. The largest absolute Gasteiger partial charge is 0.319 e. The van der Waals surface area contributed by atoms with Crippen molar-refractivity contribution in [3.8, 4) is 0 Å². The van der Waals surface area contributed by atoms with Crippen molar-refractivity contribution in [1.29, 1.82) is 0 Å². The number of fused-ring (bicyclic) bond motifs is 1. The van der Waals surface area contributed by atoms with Crippen LogP contribution in [-0.2, 0) is 6.42 Å². The van der Waals surface area contributed by atoms with Crippen LogP contribution >= 0.6 is 11.6 Å². The van der Waals surface area contributed by atoms with Gasteiger partial charge in [-0.2, -0.15) is 0 Å². The zero-order chi connectivity index (χ0) is 14.8. The Morgan fingerprint density at radius 1 is 1.24 bits per heavy atom. The fourth-order valence-electron chi connectivity index (χ4n) is 2.10. The molecule has 106 valence electrons. The molecule has 6 heteroatoms. The van der Waals surface area contributed by atoms with E-state index < -0.39 is 0 Å². The molecule has 0 spiro atoms. The monoisotopic (exact) mass is 300 g/mol. The van der Waals surface area contributed by atoms with E-state index in [1.165, 1.54) is 0 Å². The van der Waals surface area contributed by atoms with Crippen LogP contribution in [0.5, 0.6) is 0 Å². The minimum Gasteiger partial charge on any atom is -0.319 e. The summed E-state index contributed by atoms with van der Waals surface area (Å²) in [6.07, 6.45) is 2.65. The third kappa shape index (κ3) is 2.60. The van der Waals surface area contributed by atoms with Crippen molar-refractivity contribution < 1.29 is 4.79 Å². The minimum absolute atomic E-state index is 0.208. The molecule has 1 N–H and O–H groups in total. The maximum Gasteiger partial charge on any atom is 0.255 e. The maximum absolute atomic E-state index is 12.2. The van der Waals surface area contributed by atoms with Gasteiger partial charge in [0.05, 0.1) is 5.69 Å². The Kier molecular flexibility index (Phi) is 3.58. The Bertz CT molecular complexity index is 795. The lowest BCUT2D eigenvalue weighted by atomic mass is 10.2. The summed E-state index contributed by atoms with van der Waals surface area (Å²) >= 11 is 5.82. The number of amides is 1. The number of nitrogens with one attached hydrogen (secondary N) is 1. The third-order valence-corrected chi connectivity index (χ3v) is 3.43. The zero-order valence-corrected chi connectivity index (χ0v) is 12.1. The molecular weight excluding hydrogens is 288 g/mol. The first kappa shape index (κ1) is 13.6. The molecule has 21 heavy (non-hydrogen) atoms. The van der Waals surface area contributed by atoms with Crippen molar-refractivity contribution in [3.63, 3.8) is 0 Å². The number of hydrogen-bond acceptors (Lipinski definition) is 3. The number of benzene rings is 1. The third-order valence-electron chi connectivity index (χ3n) is 3.18. The summed E-state index contributed by atoms with van der Waals surface area (Å²) in [5, 5.41) is 11.7. The highest BCUT2D eigenvalue weighted by Gasteiger charge is 2.11. The first-order chi connectivity index (χ1) is 10.2. The highest BCUT2D eigenvalue weighted by molar-refractivity contribution is 6.30. The molecule has 1 amide bonds. The van der Waals surface area contributed by atoms with Crippen LogP contribution in [0.3, 0.4) is 0 Å². The smallest absolute Gasteiger partial charge is 0.255 e. The number of aromatic nitrogens is 3. The number of carbonyl (C=O) groups excluding carboxylic acids is 1. The molecular formula is C15H13ClN4O. The molecule has 0 aliphatic heterocycles.